The van der Waals surface area contributed by atoms with E-state index in [2.05, 4.69) is 41.0 Å². The fourth-order valence-corrected chi connectivity index (χ4v) is 10.5. The third kappa shape index (κ3) is 7.92. The third-order valence-corrected chi connectivity index (χ3v) is 13.3. The first-order valence-electron chi connectivity index (χ1n) is 20.4. The number of rotatable bonds is 7. The van der Waals surface area contributed by atoms with E-state index >= 15 is 0 Å². The Balaban J connectivity index is 0.000000118. The van der Waals surface area contributed by atoms with Crippen LogP contribution in [0.3, 0.4) is 0 Å². The topological polar surface area (TPSA) is 157 Å². The van der Waals surface area contributed by atoms with Crippen LogP contribution in [-0.2, 0) is 6.42 Å². The van der Waals surface area contributed by atoms with Crippen molar-refractivity contribution < 1.29 is 27.4 Å². The number of benzene rings is 4. The molecule has 1 heterocycles. The highest BCUT2D eigenvalue weighted by molar-refractivity contribution is 5.74. The van der Waals surface area contributed by atoms with Crippen LogP contribution in [-0.4, -0.2) is 50.0 Å². The molecule has 0 atom stereocenters. The van der Waals surface area contributed by atoms with Gasteiger partial charge in [0.05, 0.1) is 41.8 Å². The van der Waals surface area contributed by atoms with E-state index in [1.807, 2.05) is 12.1 Å². The van der Waals surface area contributed by atoms with Gasteiger partial charge in [0.25, 0.3) is 5.69 Å². The lowest BCUT2D eigenvalue weighted by Crippen LogP contribution is -2.77. The summed E-state index contributed by atoms with van der Waals surface area (Å²) in [5.41, 5.74) is 7.83. The number of hydrogen-bond donors (Lipinski definition) is 3. The van der Waals surface area contributed by atoms with Crippen molar-refractivity contribution in [2.24, 2.45) is 0 Å². The highest BCUT2D eigenvalue weighted by Gasteiger charge is 2.72. The number of halogens is 4. The molecule has 0 unspecified atom stereocenters. The van der Waals surface area contributed by atoms with E-state index in [1.165, 1.54) is 35.5 Å². The zero-order chi connectivity index (χ0) is 45.9. The van der Waals surface area contributed by atoms with Gasteiger partial charge in [0, 0.05) is 104 Å². The fourth-order valence-electron chi connectivity index (χ4n) is 10.5. The molecule has 9 fully saturated rings. The number of fused-ring (bicyclic) bond motifs is 1. The van der Waals surface area contributed by atoms with Gasteiger partial charge in [-0.1, -0.05) is 18.2 Å². The van der Waals surface area contributed by atoms with Crippen LogP contribution in [0.25, 0.3) is 19.4 Å². The zero-order valence-corrected chi connectivity index (χ0v) is 34.3. The predicted molar refractivity (Wildman–Crippen MR) is 233 cm³/mol. The molecule has 0 saturated heterocycles. The van der Waals surface area contributed by atoms with Gasteiger partial charge in [-0.2, -0.15) is 0 Å². The third-order valence-electron chi connectivity index (χ3n) is 13.3. The Hall–Kier alpha value is -7.44. The molecule has 18 heteroatoms. The molecule has 9 aliphatic carbocycles. The Morgan fingerprint density at radius 3 is 1.53 bits per heavy atom. The molecule has 0 amide bonds. The van der Waals surface area contributed by atoms with Crippen molar-refractivity contribution in [2.45, 2.75) is 104 Å². The second kappa shape index (κ2) is 15.4. The Bertz CT molecular complexity index is 2730. The number of aryl methyl sites for hydroxylation is 1. The average molecular weight is 873 g/mol. The fraction of sp³-hybridized carbons (Fsp3) is 0.391. The monoisotopic (exact) mass is 872 g/mol. The molecule has 0 radical (unpaired) electrons. The Labute approximate surface area is 365 Å². The van der Waals surface area contributed by atoms with Gasteiger partial charge in [0.15, 0.2) is 28.6 Å². The van der Waals surface area contributed by atoms with Crippen molar-refractivity contribution in [3.05, 3.63) is 150 Å². The average Bonchev–Trinajstić information content (AvgIpc) is 3.21. The molecule has 326 valence electrons. The number of nitro groups is 2. The van der Waals surface area contributed by atoms with Crippen LogP contribution in [0.1, 0.15) is 69.8 Å². The molecule has 14 nitrogen and oxygen atoms in total. The van der Waals surface area contributed by atoms with E-state index in [9.17, 15) is 37.8 Å². The molecule has 6 bridgehead atoms. The maximum Gasteiger partial charge on any atom is 0.302 e. The maximum absolute atomic E-state index is 13.7. The van der Waals surface area contributed by atoms with Crippen LogP contribution < -0.4 is 21.3 Å². The van der Waals surface area contributed by atoms with Gasteiger partial charge in [-0.15, -0.1) is 0 Å². The number of nitrogens with two attached hydrogens (primary N) is 1. The smallest absolute Gasteiger partial charge is 0.302 e. The van der Waals surface area contributed by atoms with Crippen molar-refractivity contribution >= 4 is 56.9 Å². The Morgan fingerprint density at radius 2 is 1.05 bits per heavy atom. The van der Waals surface area contributed by atoms with Crippen molar-refractivity contribution in [1.29, 1.82) is 0 Å². The van der Waals surface area contributed by atoms with Crippen LogP contribution in [0.15, 0.2) is 72.8 Å². The molecular weight excluding hydrogens is 833 g/mol. The zero-order valence-electron chi connectivity index (χ0n) is 34.3. The predicted octanol–water partition coefficient (Wildman–Crippen LogP) is 12.0. The summed E-state index contributed by atoms with van der Waals surface area (Å²) in [6.45, 7) is 28.5. The van der Waals surface area contributed by atoms with E-state index in [4.69, 9.17) is 32.0 Å². The number of anilines is 4. The number of hydrogen-bond acceptors (Lipinski definition) is 8. The maximum atomic E-state index is 13.7. The van der Waals surface area contributed by atoms with Gasteiger partial charge in [0.2, 0.25) is 0 Å². The number of nitrogen functional groups attached to an aromatic ring is 1. The minimum absolute atomic E-state index is 0.0538. The lowest BCUT2D eigenvalue weighted by molar-refractivity contribution is -0.387. The van der Waals surface area contributed by atoms with Crippen molar-refractivity contribution in [3.8, 4) is 0 Å². The van der Waals surface area contributed by atoms with Crippen LogP contribution in [0.4, 0.5) is 74.4 Å². The number of nitrogens with zero attached hydrogens (tertiary/aromatic N) is 7. The van der Waals surface area contributed by atoms with Gasteiger partial charge in [-0.3, -0.25) is 20.2 Å². The molecule has 9 saturated carbocycles. The minimum atomic E-state index is -1.06. The first-order chi connectivity index (χ1) is 30.3. The van der Waals surface area contributed by atoms with Gasteiger partial charge >= 0.3 is 5.69 Å². The Morgan fingerprint density at radius 1 is 0.609 bits per heavy atom. The number of nitrogens with one attached hydrogen (secondary N) is 2. The summed E-state index contributed by atoms with van der Waals surface area (Å²) in [6, 6.07) is 18.3. The van der Waals surface area contributed by atoms with Crippen LogP contribution in [0.5, 0.6) is 0 Å². The summed E-state index contributed by atoms with van der Waals surface area (Å²) in [6.07, 6.45) is 7.24. The van der Waals surface area contributed by atoms with E-state index in [0.717, 1.165) is 37.2 Å². The molecule has 4 aromatic rings. The summed E-state index contributed by atoms with van der Waals surface area (Å²) in [7, 11) is 0. The van der Waals surface area contributed by atoms with Crippen LogP contribution >= 0.6 is 0 Å². The molecule has 0 spiro atoms. The lowest BCUT2D eigenvalue weighted by Gasteiger charge is -2.70. The first-order valence-corrected chi connectivity index (χ1v) is 20.4. The number of nitro benzene ring substituents is 2. The van der Waals surface area contributed by atoms with Crippen molar-refractivity contribution in [1.82, 2.24) is 0 Å². The first kappa shape index (κ1) is 43.2. The molecule has 64 heavy (non-hydrogen) atoms. The summed E-state index contributed by atoms with van der Waals surface area (Å²) >= 11 is 0. The van der Waals surface area contributed by atoms with E-state index in [1.54, 1.807) is 18.2 Å². The largest absolute Gasteiger partial charge is 0.397 e. The lowest BCUT2D eigenvalue weighted by atomic mass is 9.46. The summed E-state index contributed by atoms with van der Waals surface area (Å²) in [5.74, 6) is -0.978. The SMILES string of the molecule is [C-]#[N+]c1ccc(N)c(NC23CC(F)(C2)C3)c1.[C-]#[N+]c1ccc([N+](=O)[O-])c(F)c1.[C-]#[N+]c1ccc([N+](=O)[O-])c(NC23CC(F)(C2)C3)c1.[C-]#[N+]c1ccc2c(c1)N(C13CC(F)(C1)C3)CCC2. The standard InChI is InChI=1S/C15H15FN2.C12H10FN3O2.C12H12FN3.C7H3FN2O2/c1-17-12-5-4-11-3-2-6-18(13(11)7-12)15-8-14(16,9-15)10-15;1-14-8-2-3-10(16(17)18)9(4-8)15-12-5-11(13,6-12)7-12;1-15-8-2-3-9(14)10(4-8)16-12-5-11(13,6-12)7-12;1-9-5-2-3-7(10(11)12)6(8)4-5/h4-5,7H,2-3,6,8-10H2;2-4,15H,5-7H2;2-4,16H,5-7,14H2;2-4H. The normalized spacial score (nSPS) is 29.4. The molecule has 4 N–H and O–H groups in total. The van der Waals surface area contributed by atoms with Crippen molar-refractivity contribution in [2.75, 3.05) is 27.8 Å². The second-order valence-corrected chi connectivity index (χ2v) is 18.2. The quantitative estimate of drug-likeness (QED) is 0.0544. The van der Waals surface area contributed by atoms with Gasteiger partial charge in [-0.25, -0.2) is 36.9 Å². The molecule has 1 aliphatic heterocycles. The minimum Gasteiger partial charge on any atom is -0.397 e. The summed E-state index contributed by atoms with van der Waals surface area (Å²) in [4.78, 5) is 35.1. The van der Waals surface area contributed by atoms with E-state index in [-0.39, 0.29) is 28.0 Å². The van der Waals surface area contributed by atoms with Crippen LogP contribution in [0.2, 0.25) is 0 Å². The Kier molecular flexibility index (Phi) is 10.4. The van der Waals surface area contributed by atoms with Gasteiger partial charge in [0.1, 0.15) is 22.7 Å². The van der Waals surface area contributed by atoms with E-state index in [0.29, 0.717) is 86.2 Å². The molecule has 14 rings (SSSR count). The molecular formula is C46H40F4N10O4. The second-order valence-electron chi connectivity index (χ2n) is 18.2. The molecule has 10 aliphatic rings. The molecule has 4 aromatic carbocycles. The highest BCUT2D eigenvalue weighted by Crippen LogP contribution is 2.67. The van der Waals surface area contributed by atoms with E-state index < -0.39 is 38.4 Å². The highest BCUT2D eigenvalue weighted by atomic mass is 19.2. The van der Waals surface area contributed by atoms with Crippen molar-refractivity contribution in [3.63, 3.8) is 0 Å². The number of alkyl halides is 3. The van der Waals surface area contributed by atoms with Gasteiger partial charge < -0.3 is 21.3 Å². The summed E-state index contributed by atoms with van der Waals surface area (Å²) < 4.78 is 53.2. The van der Waals surface area contributed by atoms with Gasteiger partial charge in [-0.05, 0) is 60.9 Å². The summed E-state index contributed by atoms with van der Waals surface area (Å²) in [5, 5.41) is 27.3. The molecule has 0 aromatic heterocycles. The van der Waals surface area contributed by atoms with Crippen LogP contribution in [0, 0.1) is 52.3 Å².